The van der Waals surface area contributed by atoms with Crippen molar-refractivity contribution >= 4 is 29.1 Å². The zero-order valence-corrected chi connectivity index (χ0v) is 18.8. The number of carbonyl (C=O) groups excluding carboxylic acids is 2. The van der Waals surface area contributed by atoms with Crippen LogP contribution in [0.4, 0.5) is 0 Å². The predicted molar refractivity (Wildman–Crippen MR) is 124 cm³/mol. The van der Waals surface area contributed by atoms with Crippen molar-refractivity contribution in [2.45, 2.75) is 44.9 Å². The molecule has 2 aliphatic heterocycles. The fraction of sp³-hybridized carbons (Fsp3) is 0.545. The quantitative estimate of drug-likeness (QED) is 0.237. The second-order valence-electron chi connectivity index (χ2n) is 7.05. The summed E-state index contributed by atoms with van der Waals surface area (Å²) in [4.78, 5) is 32.5. The zero-order chi connectivity index (χ0) is 22.9. The molecule has 0 spiro atoms. The van der Waals surface area contributed by atoms with E-state index in [-0.39, 0.29) is 17.8 Å². The molecule has 0 unspecified atom stereocenters. The number of hydrogen-bond donors (Lipinski definition) is 2. The van der Waals surface area contributed by atoms with Crippen molar-refractivity contribution < 1.29 is 9.59 Å². The Morgan fingerprint density at radius 3 is 2.58 bits per heavy atom. The van der Waals surface area contributed by atoms with Gasteiger partial charge in [-0.1, -0.05) is 12.5 Å². The van der Waals surface area contributed by atoms with Gasteiger partial charge in [-0.05, 0) is 37.1 Å². The van der Waals surface area contributed by atoms with Crippen molar-refractivity contribution in [3.8, 4) is 19.0 Å². The van der Waals surface area contributed by atoms with Crippen LogP contribution in [0.1, 0.15) is 43.4 Å². The Kier molecular flexibility index (Phi) is 13.2. The molecule has 0 atom stereocenters. The molecule has 0 radical (unpaired) electrons. The standard InChI is InChI=1S/C12H20N2O2.C8H10N4S.C2H2/c15-11-6-2-1-3-9-14(11)10-12(16)13-7-4-5-8-13;9-6-12-8(10)11-4-3-7-2-1-5-13-7;1-2/h1-10H2;1-2,5H,3-4H2,(H3,10,11,12);1-2H. The lowest BCUT2D eigenvalue weighted by molar-refractivity contribution is -0.139. The van der Waals surface area contributed by atoms with Crippen molar-refractivity contribution in [3.05, 3.63) is 22.4 Å². The number of carbonyl (C=O) groups is 2. The van der Waals surface area contributed by atoms with Gasteiger partial charge in [0.2, 0.25) is 17.8 Å². The number of terminal acetylenes is 1. The summed E-state index contributed by atoms with van der Waals surface area (Å²) in [6.45, 7) is 3.43. The molecule has 0 saturated carbocycles. The summed E-state index contributed by atoms with van der Waals surface area (Å²) < 4.78 is 0. The van der Waals surface area contributed by atoms with Gasteiger partial charge in [0, 0.05) is 43.9 Å². The minimum atomic E-state index is 0.132. The molecule has 0 aromatic carbocycles. The summed E-state index contributed by atoms with van der Waals surface area (Å²) in [7, 11) is 0. The lowest BCUT2D eigenvalue weighted by Crippen LogP contribution is -2.41. The van der Waals surface area contributed by atoms with E-state index in [1.54, 1.807) is 22.4 Å². The Morgan fingerprint density at radius 2 is 1.94 bits per heavy atom. The van der Waals surface area contributed by atoms with Gasteiger partial charge in [-0.3, -0.25) is 19.9 Å². The fourth-order valence-corrected chi connectivity index (χ4v) is 3.97. The molecule has 3 rings (SSSR count). The van der Waals surface area contributed by atoms with Crippen LogP contribution in [0.5, 0.6) is 0 Å². The molecular formula is C22H32N6O2S. The highest BCUT2D eigenvalue weighted by molar-refractivity contribution is 7.09. The topological polar surface area (TPSA) is 115 Å². The molecule has 0 bridgehead atoms. The highest BCUT2D eigenvalue weighted by Crippen LogP contribution is 2.13. The SMILES string of the molecule is C#C.N#CNC(N)=NCCc1cccs1.O=C(CN1CCCCCC1=O)N1CCCC1. The number of guanidine groups is 1. The molecule has 8 nitrogen and oxygen atoms in total. The van der Waals surface area contributed by atoms with Crippen LogP contribution in [0.3, 0.4) is 0 Å². The second-order valence-corrected chi connectivity index (χ2v) is 8.08. The van der Waals surface area contributed by atoms with E-state index in [4.69, 9.17) is 11.0 Å². The van der Waals surface area contributed by atoms with Crippen molar-refractivity contribution in [2.75, 3.05) is 32.7 Å². The average Bonchev–Trinajstić information content (AvgIpc) is 3.46. The zero-order valence-electron chi connectivity index (χ0n) is 18.0. The van der Waals surface area contributed by atoms with Crippen molar-refractivity contribution in [3.63, 3.8) is 0 Å². The lowest BCUT2D eigenvalue weighted by atomic mass is 10.2. The third kappa shape index (κ3) is 10.5. The first-order valence-corrected chi connectivity index (χ1v) is 11.3. The average molecular weight is 445 g/mol. The maximum Gasteiger partial charge on any atom is 0.242 e. The summed E-state index contributed by atoms with van der Waals surface area (Å²) in [5.41, 5.74) is 5.34. The van der Waals surface area contributed by atoms with E-state index in [2.05, 4.69) is 23.2 Å². The summed E-state index contributed by atoms with van der Waals surface area (Å²) >= 11 is 1.69. The number of likely N-dealkylation sites (tertiary alicyclic amines) is 2. The summed E-state index contributed by atoms with van der Waals surface area (Å²) in [6.07, 6.45) is 16.5. The van der Waals surface area contributed by atoms with Crippen LogP contribution in [0.15, 0.2) is 22.5 Å². The summed E-state index contributed by atoms with van der Waals surface area (Å²) in [5.74, 6) is 0.469. The molecule has 2 amide bonds. The van der Waals surface area contributed by atoms with Crippen LogP contribution in [-0.4, -0.2) is 60.3 Å². The summed E-state index contributed by atoms with van der Waals surface area (Å²) in [6, 6.07) is 4.05. The fourth-order valence-electron chi connectivity index (χ4n) is 3.27. The van der Waals surface area contributed by atoms with Gasteiger partial charge in [0.05, 0.1) is 6.54 Å². The number of nitriles is 1. The molecule has 3 heterocycles. The number of rotatable bonds is 5. The molecule has 2 fully saturated rings. The van der Waals surface area contributed by atoms with Crippen LogP contribution in [0.25, 0.3) is 0 Å². The van der Waals surface area contributed by atoms with Crippen LogP contribution >= 0.6 is 11.3 Å². The molecule has 1 aromatic heterocycles. The predicted octanol–water partition coefficient (Wildman–Crippen LogP) is 1.94. The highest BCUT2D eigenvalue weighted by Gasteiger charge is 2.23. The maximum absolute atomic E-state index is 11.9. The van der Waals surface area contributed by atoms with E-state index in [1.807, 2.05) is 22.4 Å². The molecule has 1 aromatic rings. The first-order valence-electron chi connectivity index (χ1n) is 10.5. The minimum absolute atomic E-state index is 0.132. The Bertz CT molecular complexity index is 748. The van der Waals surface area contributed by atoms with Gasteiger partial charge in [0.1, 0.15) is 0 Å². The van der Waals surface area contributed by atoms with Gasteiger partial charge in [0.25, 0.3) is 0 Å². The van der Waals surface area contributed by atoms with Crippen LogP contribution in [0, 0.1) is 24.3 Å². The highest BCUT2D eigenvalue weighted by atomic mass is 32.1. The molecule has 31 heavy (non-hydrogen) atoms. The Balaban J connectivity index is 0.000000293. The number of nitrogens with one attached hydrogen (secondary N) is 1. The van der Waals surface area contributed by atoms with E-state index >= 15 is 0 Å². The van der Waals surface area contributed by atoms with Crippen LogP contribution in [0.2, 0.25) is 0 Å². The molecule has 3 N–H and O–H groups in total. The monoisotopic (exact) mass is 444 g/mol. The third-order valence-corrected chi connectivity index (χ3v) is 5.80. The molecule has 2 saturated heterocycles. The number of nitrogens with zero attached hydrogens (tertiary/aromatic N) is 4. The van der Waals surface area contributed by atoms with Gasteiger partial charge in [0.15, 0.2) is 6.19 Å². The number of thiophene rings is 1. The normalized spacial score (nSPS) is 16.2. The van der Waals surface area contributed by atoms with E-state index in [1.165, 1.54) is 4.88 Å². The van der Waals surface area contributed by atoms with Crippen molar-refractivity contribution in [1.82, 2.24) is 15.1 Å². The smallest absolute Gasteiger partial charge is 0.242 e. The molecular weight excluding hydrogens is 412 g/mol. The molecule has 168 valence electrons. The largest absolute Gasteiger partial charge is 0.369 e. The Morgan fingerprint density at radius 1 is 1.23 bits per heavy atom. The van der Waals surface area contributed by atoms with Gasteiger partial charge in [-0.25, -0.2) is 0 Å². The number of hydrogen-bond acceptors (Lipinski definition) is 5. The first-order chi connectivity index (χ1) is 15.1. The minimum Gasteiger partial charge on any atom is -0.369 e. The maximum atomic E-state index is 11.9. The third-order valence-electron chi connectivity index (χ3n) is 4.86. The molecule has 2 aliphatic rings. The number of aliphatic imine (C=N–C) groups is 1. The van der Waals surface area contributed by atoms with Gasteiger partial charge in [-0.2, -0.15) is 5.26 Å². The molecule has 9 heteroatoms. The van der Waals surface area contributed by atoms with E-state index < -0.39 is 0 Å². The Hall–Kier alpha value is -3.04. The lowest BCUT2D eigenvalue weighted by Gasteiger charge is -2.23. The van der Waals surface area contributed by atoms with Gasteiger partial charge < -0.3 is 15.5 Å². The van der Waals surface area contributed by atoms with Crippen LogP contribution in [-0.2, 0) is 16.0 Å². The van der Waals surface area contributed by atoms with E-state index in [0.29, 0.717) is 19.5 Å². The number of amides is 2. The Labute approximate surface area is 189 Å². The van der Waals surface area contributed by atoms with Crippen LogP contribution < -0.4 is 11.1 Å². The number of nitrogens with two attached hydrogens (primary N) is 1. The van der Waals surface area contributed by atoms with Gasteiger partial charge >= 0.3 is 0 Å². The molecule has 0 aliphatic carbocycles. The summed E-state index contributed by atoms with van der Waals surface area (Å²) in [5, 5.41) is 12.5. The van der Waals surface area contributed by atoms with Gasteiger partial charge in [-0.15, -0.1) is 24.2 Å². The van der Waals surface area contributed by atoms with E-state index in [0.717, 1.165) is 58.2 Å². The van der Waals surface area contributed by atoms with Crippen molar-refractivity contribution in [2.24, 2.45) is 10.7 Å². The first kappa shape index (κ1) is 26.0. The second kappa shape index (κ2) is 15.8. The van der Waals surface area contributed by atoms with Crippen molar-refractivity contribution in [1.29, 1.82) is 5.26 Å². The van der Waals surface area contributed by atoms with E-state index in [9.17, 15) is 9.59 Å².